The lowest BCUT2D eigenvalue weighted by Gasteiger charge is -2.28. The van der Waals surface area contributed by atoms with E-state index in [0.717, 1.165) is 30.5 Å². The molecule has 2 fully saturated rings. The van der Waals surface area contributed by atoms with Crippen molar-refractivity contribution in [2.24, 2.45) is 0 Å². The Balaban J connectivity index is 1.39. The Morgan fingerprint density at radius 3 is 2.62 bits per heavy atom. The molecule has 2 atom stereocenters. The van der Waals surface area contributed by atoms with Gasteiger partial charge in [0.15, 0.2) is 10.8 Å². The average Bonchev–Trinajstić information content (AvgIpc) is 3.42. The van der Waals surface area contributed by atoms with Crippen LogP contribution in [0.5, 0.6) is 0 Å². The molecule has 0 amide bonds. The molecule has 4 aromatic rings. The van der Waals surface area contributed by atoms with E-state index in [1.165, 1.54) is 11.3 Å². The second-order valence-corrected chi connectivity index (χ2v) is 10.7. The molecule has 0 bridgehead atoms. The maximum absolute atomic E-state index is 15.1. The second-order valence-electron chi connectivity index (χ2n) is 9.73. The number of nitrogens with zero attached hydrogens (tertiary/aromatic N) is 6. The number of rotatable bonds is 5. The molecule has 2 aliphatic rings. The van der Waals surface area contributed by atoms with E-state index < -0.39 is 17.6 Å². The third-order valence-electron chi connectivity index (χ3n) is 6.76. The Kier molecular flexibility index (Phi) is 5.90. The Hall–Kier alpha value is -3.12. The van der Waals surface area contributed by atoms with Gasteiger partial charge in [0.2, 0.25) is 0 Å². The summed E-state index contributed by atoms with van der Waals surface area (Å²) in [6, 6.07) is 2.99. The topological polar surface area (TPSA) is 69.0 Å². The molecular weight excluding hydrogens is 508 g/mol. The normalized spacial score (nSPS) is 20.5. The molecule has 0 spiro atoms. The smallest absolute Gasteiger partial charge is 0.373 e. The molecule has 1 aliphatic heterocycles. The van der Waals surface area contributed by atoms with E-state index in [1.807, 2.05) is 31.2 Å². The van der Waals surface area contributed by atoms with Crippen molar-refractivity contribution in [2.75, 3.05) is 25.6 Å². The van der Waals surface area contributed by atoms with Gasteiger partial charge in [-0.1, -0.05) is 11.3 Å². The lowest BCUT2D eigenvalue weighted by Crippen LogP contribution is -2.20. The van der Waals surface area contributed by atoms with Gasteiger partial charge in [-0.15, -0.1) is 0 Å². The fourth-order valence-electron chi connectivity index (χ4n) is 4.59. The lowest BCUT2D eigenvalue weighted by atomic mass is 9.92. The Morgan fingerprint density at radius 1 is 1.11 bits per heavy atom. The van der Waals surface area contributed by atoms with Crippen LogP contribution in [-0.2, 0) is 10.9 Å². The largest absolute Gasteiger partial charge is 0.416 e. The van der Waals surface area contributed by atoms with Gasteiger partial charge < -0.3 is 9.64 Å². The van der Waals surface area contributed by atoms with Crippen LogP contribution in [0.1, 0.15) is 60.7 Å². The first-order valence-electron chi connectivity index (χ1n) is 12.1. The van der Waals surface area contributed by atoms with Crippen LogP contribution in [0.15, 0.2) is 30.6 Å². The van der Waals surface area contributed by atoms with E-state index in [1.54, 1.807) is 4.90 Å². The van der Waals surface area contributed by atoms with Gasteiger partial charge in [-0.2, -0.15) is 23.3 Å². The SMILES string of the molecule is CN(C)c1nc2nc(C3CCOC(c4cnn(C5CC5)c4)C3)nc(-c3ccc(C(F)(F)F)cc3F)c2s1. The molecule has 1 saturated heterocycles. The first-order valence-corrected chi connectivity index (χ1v) is 12.9. The van der Waals surface area contributed by atoms with Crippen LogP contribution >= 0.6 is 11.3 Å². The summed E-state index contributed by atoms with van der Waals surface area (Å²) in [4.78, 5) is 15.9. The molecule has 2 unspecified atom stereocenters. The van der Waals surface area contributed by atoms with E-state index in [4.69, 9.17) is 14.7 Å². The summed E-state index contributed by atoms with van der Waals surface area (Å²) in [6.45, 7) is 0.495. The van der Waals surface area contributed by atoms with Crippen molar-refractivity contribution in [2.45, 2.75) is 49.9 Å². The summed E-state index contributed by atoms with van der Waals surface area (Å²) < 4.78 is 63.1. The van der Waals surface area contributed by atoms with Crippen molar-refractivity contribution >= 4 is 26.8 Å². The first-order chi connectivity index (χ1) is 17.7. The van der Waals surface area contributed by atoms with Gasteiger partial charge in [-0.05, 0) is 43.9 Å². The van der Waals surface area contributed by atoms with E-state index in [-0.39, 0.29) is 23.3 Å². The Morgan fingerprint density at radius 2 is 1.92 bits per heavy atom. The molecule has 6 rings (SSSR count). The quantitative estimate of drug-likeness (QED) is 0.288. The van der Waals surface area contributed by atoms with E-state index in [0.29, 0.717) is 52.9 Å². The number of halogens is 4. The number of aromatic nitrogens is 5. The molecule has 0 N–H and O–H groups in total. The molecule has 194 valence electrons. The van der Waals surface area contributed by atoms with Gasteiger partial charge in [0.05, 0.1) is 29.6 Å². The third-order valence-corrected chi connectivity index (χ3v) is 7.98. The molecule has 4 heterocycles. The summed E-state index contributed by atoms with van der Waals surface area (Å²) in [5.74, 6) is -0.591. The predicted octanol–water partition coefficient (Wildman–Crippen LogP) is 6.14. The molecule has 1 saturated carbocycles. The fraction of sp³-hybridized carbons (Fsp3) is 0.440. The number of anilines is 1. The number of ether oxygens (including phenoxy) is 1. The van der Waals surface area contributed by atoms with Gasteiger partial charge in [0.25, 0.3) is 0 Å². The zero-order valence-electron chi connectivity index (χ0n) is 20.2. The van der Waals surface area contributed by atoms with Gasteiger partial charge in [0.1, 0.15) is 16.3 Å². The van der Waals surface area contributed by atoms with Crippen molar-refractivity contribution in [1.82, 2.24) is 24.7 Å². The van der Waals surface area contributed by atoms with Crippen LogP contribution < -0.4 is 4.90 Å². The highest BCUT2D eigenvalue weighted by molar-refractivity contribution is 7.22. The number of fused-ring (bicyclic) bond motifs is 1. The minimum Gasteiger partial charge on any atom is -0.373 e. The van der Waals surface area contributed by atoms with Crippen molar-refractivity contribution < 1.29 is 22.3 Å². The predicted molar refractivity (Wildman–Crippen MR) is 131 cm³/mol. The number of alkyl halides is 3. The molecule has 1 aliphatic carbocycles. The maximum atomic E-state index is 15.1. The summed E-state index contributed by atoms with van der Waals surface area (Å²) in [5.41, 5.74) is 0.593. The number of thiazole rings is 1. The highest BCUT2D eigenvalue weighted by Crippen LogP contribution is 2.42. The molecule has 0 radical (unpaired) electrons. The van der Waals surface area contributed by atoms with Crippen LogP contribution in [0.25, 0.3) is 21.6 Å². The highest BCUT2D eigenvalue weighted by Gasteiger charge is 2.33. The van der Waals surface area contributed by atoms with E-state index in [2.05, 4.69) is 10.1 Å². The average molecular weight is 533 g/mol. The number of benzene rings is 1. The number of hydrogen-bond donors (Lipinski definition) is 0. The first kappa shape index (κ1) is 24.2. The van der Waals surface area contributed by atoms with Crippen LogP contribution in [0.4, 0.5) is 22.7 Å². The highest BCUT2D eigenvalue weighted by atomic mass is 32.1. The van der Waals surface area contributed by atoms with E-state index >= 15 is 4.39 Å². The van der Waals surface area contributed by atoms with Gasteiger partial charge in [0, 0.05) is 43.9 Å². The second kappa shape index (κ2) is 9.02. The van der Waals surface area contributed by atoms with E-state index in [9.17, 15) is 13.2 Å². The maximum Gasteiger partial charge on any atom is 0.416 e. The van der Waals surface area contributed by atoms with Crippen LogP contribution in [0.2, 0.25) is 0 Å². The van der Waals surface area contributed by atoms with Gasteiger partial charge >= 0.3 is 6.18 Å². The van der Waals surface area contributed by atoms with Gasteiger partial charge in [-0.3, -0.25) is 4.68 Å². The van der Waals surface area contributed by atoms with Crippen molar-refractivity contribution in [3.05, 3.63) is 53.4 Å². The summed E-state index contributed by atoms with van der Waals surface area (Å²) >= 11 is 1.27. The summed E-state index contributed by atoms with van der Waals surface area (Å²) in [5, 5.41) is 5.12. The summed E-state index contributed by atoms with van der Waals surface area (Å²) in [7, 11) is 3.66. The molecule has 3 aromatic heterocycles. The number of hydrogen-bond acceptors (Lipinski definition) is 7. The third kappa shape index (κ3) is 4.68. The monoisotopic (exact) mass is 532 g/mol. The lowest BCUT2D eigenvalue weighted by molar-refractivity contribution is -0.137. The van der Waals surface area contributed by atoms with Crippen LogP contribution in [0, 0.1) is 5.82 Å². The summed E-state index contributed by atoms with van der Waals surface area (Å²) in [6.07, 6.45) is 2.59. The van der Waals surface area contributed by atoms with Crippen LogP contribution in [0.3, 0.4) is 0 Å². The zero-order chi connectivity index (χ0) is 25.9. The molecule has 37 heavy (non-hydrogen) atoms. The van der Waals surface area contributed by atoms with Gasteiger partial charge in [-0.25, -0.2) is 14.4 Å². The zero-order valence-corrected chi connectivity index (χ0v) is 21.0. The van der Waals surface area contributed by atoms with Crippen molar-refractivity contribution in [1.29, 1.82) is 0 Å². The molecule has 1 aromatic carbocycles. The minimum atomic E-state index is -4.64. The molecule has 12 heteroatoms. The molecular formula is C25H24F4N6OS. The van der Waals surface area contributed by atoms with Crippen LogP contribution in [-0.4, -0.2) is 45.4 Å². The standard InChI is InChI=1S/C25H24F4N6OS/c1-34(2)24-33-23-21(37-24)20(17-6-3-15(10-18(17)26)25(27,28)29)31-22(32-23)13-7-8-36-19(9-13)14-11-30-35(12-14)16-4-5-16/h3,6,10-13,16,19H,4-5,7-9H2,1-2H3. The Bertz CT molecular complexity index is 1460. The molecule has 7 nitrogen and oxygen atoms in total. The minimum absolute atomic E-state index is 0.00933. The van der Waals surface area contributed by atoms with Crippen molar-refractivity contribution in [3.63, 3.8) is 0 Å². The van der Waals surface area contributed by atoms with Crippen molar-refractivity contribution in [3.8, 4) is 11.3 Å². The fourth-order valence-corrected chi connectivity index (χ4v) is 5.52. The Labute approximate surface area is 214 Å².